The van der Waals surface area contributed by atoms with Gasteiger partial charge < -0.3 is 10.1 Å². The molecule has 6 nitrogen and oxygen atoms in total. The first-order chi connectivity index (χ1) is 14.7. The largest absolute Gasteiger partial charge is 0.495 e. The van der Waals surface area contributed by atoms with Crippen molar-refractivity contribution in [1.29, 1.82) is 0 Å². The number of aryl methyl sites for hydroxylation is 1. The third kappa shape index (κ3) is 5.50. The molecule has 3 rings (SSSR count). The lowest BCUT2D eigenvalue weighted by Crippen LogP contribution is -2.38. The van der Waals surface area contributed by atoms with Crippen LogP contribution in [0, 0.1) is 6.92 Å². The first kappa shape index (κ1) is 22.9. The number of benzene rings is 3. The van der Waals surface area contributed by atoms with E-state index in [2.05, 4.69) is 5.32 Å². The zero-order valence-electron chi connectivity index (χ0n) is 16.8. The van der Waals surface area contributed by atoms with Gasteiger partial charge in [0.15, 0.2) is 0 Å². The third-order valence-corrected chi connectivity index (χ3v) is 6.69. The van der Waals surface area contributed by atoms with Crippen molar-refractivity contribution in [3.8, 4) is 5.75 Å². The van der Waals surface area contributed by atoms with E-state index in [-0.39, 0.29) is 10.6 Å². The summed E-state index contributed by atoms with van der Waals surface area (Å²) in [4.78, 5) is 12.9. The van der Waals surface area contributed by atoms with E-state index >= 15 is 0 Å². The maximum Gasteiger partial charge on any atom is 0.264 e. The topological polar surface area (TPSA) is 75.7 Å². The Balaban J connectivity index is 1.97. The molecule has 162 valence electrons. The van der Waals surface area contributed by atoms with Crippen LogP contribution < -0.4 is 14.4 Å². The summed E-state index contributed by atoms with van der Waals surface area (Å²) in [5, 5.41) is 3.47. The molecule has 1 N–H and O–H groups in total. The molecule has 0 unspecified atom stereocenters. The van der Waals surface area contributed by atoms with E-state index < -0.39 is 22.5 Å². The maximum absolute atomic E-state index is 13.4. The standard InChI is InChI=1S/C22H20Cl2N2O4S/c1-15-6-11-21(30-2)20(12-15)25-22(27)14-26(18-5-3-4-17(24)13-18)31(28,29)19-9-7-16(23)8-10-19/h3-13H,14H2,1-2H3,(H,25,27). The summed E-state index contributed by atoms with van der Waals surface area (Å²) < 4.78 is 33.0. The molecular weight excluding hydrogens is 459 g/mol. The van der Waals surface area contributed by atoms with E-state index in [1.54, 1.807) is 30.3 Å². The van der Waals surface area contributed by atoms with Crippen LogP contribution in [0.5, 0.6) is 5.75 Å². The molecule has 1 amide bonds. The molecule has 3 aromatic carbocycles. The van der Waals surface area contributed by atoms with E-state index in [0.717, 1.165) is 9.87 Å². The molecule has 0 bridgehead atoms. The van der Waals surface area contributed by atoms with Crippen LogP contribution in [0.3, 0.4) is 0 Å². The van der Waals surface area contributed by atoms with Gasteiger partial charge in [0.2, 0.25) is 5.91 Å². The molecule has 0 atom stereocenters. The number of methoxy groups -OCH3 is 1. The van der Waals surface area contributed by atoms with Crippen LogP contribution in [0.4, 0.5) is 11.4 Å². The molecule has 0 spiro atoms. The summed E-state index contributed by atoms with van der Waals surface area (Å²) in [6, 6.07) is 17.3. The number of halogens is 2. The van der Waals surface area contributed by atoms with Gasteiger partial charge in [-0.25, -0.2) is 8.42 Å². The zero-order valence-corrected chi connectivity index (χ0v) is 19.1. The Labute approximate surface area is 191 Å². The summed E-state index contributed by atoms with van der Waals surface area (Å²) in [6.07, 6.45) is 0. The van der Waals surface area contributed by atoms with Crippen molar-refractivity contribution < 1.29 is 17.9 Å². The number of amides is 1. The summed E-state index contributed by atoms with van der Waals surface area (Å²) in [6.45, 7) is 1.40. The van der Waals surface area contributed by atoms with E-state index in [1.807, 2.05) is 13.0 Å². The minimum Gasteiger partial charge on any atom is -0.495 e. The van der Waals surface area contributed by atoms with Gasteiger partial charge in [0.05, 0.1) is 23.4 Å². The highest BCUT2D eigenvalue weighted by Crippen LogP contribution is 2.28. The molecule has 0 saturated carbocycles. The summed E-state index contributed by atoms with van der Waals surface area (Å²) in [5.41, 5.74) is 1.62. The van der Waals surface area contributed by atoms with Crippen LogP contribution in [-0.2, 0) is 14.8 Å². The predicted molar refractivity (Wildman–Crippen MR) is 124 cm³/mol. The van der Waals surface area contributed by atoms with Gasteiger partial charge >= 0.3 is 0 Å². The Morgan fingerprint density at radius 1 is 1.00 bits per heavy atom. The van der Waals surface area contributed by atoms with Crippen LogP contribution in [-0.4, -0.2) is 28.0 Å². The highest BCUT2D eigenvalue weighted by molar-refractivity contribution is 7.92. The molecule has 0 aliphatic carbocycles. The van der Waals surface area contributed by atoms with Crippen molar-refractivity contribution in [2.45, 2.75) is 11.8 Å². The number of carbonyl (C=O) groups excluding carboxylic acids is 1. The fourth-order valence-electron chi connectivity index (χ4n) is 2.92. The summed E-state index contributed by atoms with van der Waals surface area (Å²) >= 11 is 12.0. The van der Waals surface area contributed by atoms with Crippen molar-refractivity contribution >= 4 is 50.5 Å². The zero-order chi connectivity index (χ0) is 22.6. The van der Waals surface area contributed by atoms with Gasteiger partial charge in [-0.05, 0) is 67.1 Å². The molecule has 9 heteroatoms. The average Bonchev–Trinajstić information content (AvgIpc) is 2.72. The molecule has 3 aromatic rings. The maximum atomic E-state index is 13.4. The Morgan fingerprint density at radius 3 is 2.35 bits per heavy atom. The minimum absolute atomic E-state index is 0.00203. The summed E-state index contributed by atoms with van der Waals surface area (Å²) in [7, 11) is -2.59. The van der Waals surface area contributed by atoms with Crippen LogP contribution in [0.15, 0.2) is 71.6 Å². The fraction of sp³-hybridized carbons (Fsp3) is 0.136. The lowest BCUT2D eigenvalue weighted by molar-refractivity contribution is -0.114. The quantitative estimate of drug-likeness (QED) is 0.509. The van der Waals surface area contributed by atoms with Gasteiger partial charge in [0, 0.05) is 10.0 Å². The number of hydrogen-bond acceptors (Lipinski definition) is 4. The molecule has 0 aliphatic rings. The highest BCUT2D eigenvalue weighted by atomic mass is 35.5. The number of sulfonamides is 1. The molecule has 31 heavy (non-hydrogen) atoms. The Morgan fingerprint density at radius 2 is 1.71 bits per heavy atom. The Hall–Kier alpha value is -2.74. The lowest BCUT2D eigenvalue weighted by atomic mass is 10.2. The number of rotatable bonds is 7. The highest BCUT2D eigenvalue weighted by Gasteiger charge is 2.27. The average molecular weight is 479 g/mol. The number of ether oxygens (including phenoxy) is 1. The molecule has 0 fully saturated rings. The second-order valence-corrected chi connectivity index (χ2v) is 9.43. The molecule has 0 heterocycles. The lowest BCUT2D eigenvalue weighted by Gasteiger charge is -2.24. The third-order valence-electron chi connectivity index (χ3n) is 4.41. The first-order valence-electron chi connectivity index (χ1n) is 9.19. The van der Waals surface area contributed by atoms with Gasteiger partial charge in [-0.3, -0.25) is 9.10 Å². The van der Waals surface area contributed by atoms with Crippen molar-refractivity contribution in [3.63, 3.8) is 0 Å². The van der Waals surface area contributed by atoms with Crippen LogP contribution in [0.25, 0.3) is 0 Å². The van der Waals surface area contributed by atoms with Crippen molar-refractivity contribution in [3.05, 3.63) is 82.3 Å². The number of nitrogens with one attached hydrogen (secondary N) is 1. The van der Waals surface area contributed by atoms with E-state index in [1.165, 1.54) is 37.4 Å². The second-order valence-electron chi connectivity index (χ2n) is 6.70. The first-order valence-corrected chi connectivity index (χ1v) is 11.4. The number of hydrogen-bond donors (Lipinski definition) is 1. The number of anilines is 2. The monoisotopic (exact) mass is 478 g/mol. The van der Waals surface area contributed by atoms with E-state index in [4.69, 9.17) is 27.9 Å². The van der Waals surface area contributed by atoms with E-state index in [9.17, 15) is 13.2 Å². The van der Waals surface area contributed by atoms with Gasteiger partial charge in [0.25, 0.3) is 10.0 Å². The SMILES string of the molecule is COc1ccc(C)cc1NC(=O)CN(c1cccc(Cl)c1)S(=O)(=O)c1ccc(Cl)cc1. The molecule has 0 aliphatic heterocycles. The molecule has 0 aromatic heterocycles. The number of carbonyl (C=O) groups is 1. The van der Waals surface area contributed by atoms with Gasteiger partial charge in [-0.2, -0.15) is 0 Å². The van der Waals surface area contributed by atoms with Gasteiger partial charge in [0.1, 0.15) is 12.3 Å². The van der Waals surface area contributed by atoms with Crippen molar-refractivity contribution in [1.82, 2.24) is 0 Å². The summed E-state index contributed by atoms with van der Waals surface area (Å²) in [5.74, 6) is -0.0739. The van der Waals surface area contributed by atoms with E-state index in [0.29, 0.717) is 21.5 Å². The minimum atomic E-state index is -4.07. The Bertz CT molecular complexity index is 1200. The second kappa shape index (κ2) is 9.60. The van der Waals surface area contributed by atoms with Crippen LogP contribution in [0.1, 0.15) is 5.56 Å². The van der Waals surface area contributed by atoms with Gasteiger partial charge in [-0.1, -0.05) is 35.3 Å². The van der Waals surface area contributed by atoms with Crippen molar-refractivity contribution in [2.75, 3.05) is 23.3 Å². The molecular formula is C22H20Cl2N2O4S. The molecule has 0 saturated heterocycles. The normalized spacial score (nSPS) is 11.1. The number of nitrogens with zero attached hydrogens (tertiary/aromatic N) is 1. The predicted octanol–water partition coefficient (Wildman–Crippen LogP) is 5.14. The fourth-order valence-corrected chi connectivity index (χ4v) is 4.64. The van der Waals surface area contributed by atoms with Crippen LogP contribution in [0.2, 0.25) is 10.0 Å². The Kier molecular flexibility index (Phi) is 7.10. The van der Waals surface area contributed by atoms with Crippen molar-refractivity contribution in [2.24, 2.45) is 0 Å². The van der Waals surface area contributed by atoms with Crippen LogP contribution >= 0.6 is 23.2 Å². The van der Waals surface area contributed by atoms with Gasteiger partial charge in [-0.15, -0.1) is 0 Å². The molecule has 0 radical (unpaired) electrons. The smallest absolute Gasteiger partial charge is 0.264 e.